The smallest absolute Gasteiger partial charge is 0.239 e. The Balaban J connectivity index is 1.28. The van der Waals surface area contributed by atoms with Gasteiger partial charge in [0.15, 0.2) is 27.7 Å². The molecule has 0 spiro atoms. The zero-order valence-electron chi connectivity index (χ0n) is 16.8. The van der Waals surface area contributed by atoms with E-state index in [1.807, 2.05) is 17.5 Å². The SMILES string of the molecule is CC(Sc1nnc(-c2cccs2)n1C1CC1)C(=O)Nc1nc(-c2ccc(F)c(F)c2)cs1. The Bertz CT molecular complexity index is 1270. The van der Waals surface area contributed by atoms with Crippen molar-refractivity contribution >= 4 is 45.5 Å². The molecular weight excluding hydrogens is 472 g/mol. The van der Waals surface area contributed by atoms with Gasteiger partial charge in [-0.05, 0) is 49.4 Å². The van der Waals surface area contributed by atoms with Crippen LogP contribution in [0.25, 0.3) is 22.0 Å². The summed E-state index contributed by atoms with van der Waals surface area (Å²) in [6.45, 7) is 1.81. The molecular formula is C21H17F2N5OS3. The van der Waals surface area contributed by atoms with Crippen LogP contribution in [-0.4, -0.2) is 30.9 Å². The molecule has 1 atom stereocenters. The first-order valence-electron chi connectivity index (χ1n) is 9.87. The average molecular weight is 490 g/mol. The van der Waals surface area contributed by atoms with E-state index in [0.29, 0.717) is 22.4 Å². The van der Waals surface area contributed by atoms with Crippen molar-refractivity contribution in [3.8, 4) is 22.0 Å². The lowest BCUT2D eigenvalue weighted by Gasteiger charge is -2.12. The van der Waals surface area contributed by atoms with Crippen LogP contribution in [0.15, 0.2) is 46.2 Å². The van der Waals surface area contributed by atoms with Gasteiger partial charge in [0.2, 0.25) is 5.91 Å². The third-order valence-corrected chi connectivity index (χ3v) is 7.60. The molecule has 4 aromatic rings. The van der Waals surface area contributed by atoms with Crippen LogP contribution in [-0.2, 0) is 4.79 Å². The molecule has 11 heteroatoms. The fourth-order valence-electron chi connectivity index (χ4n) is 3.13. The quantitative estimate of drug-likeness (QED) is 0.329. The monoisotopic (exact) mass is 489 g/mol. The first-order chi connectivity index (χ1) is 15.5. The third kappa shape index (κ3) is 4.32. The summed E-state index contributed by atoms with van der Waals surface area (Å²) in [5, 5.41) is 15.9. The number of hydrogen-bond acceptors (Lipinski definition) is 7. The van der Waals surface area contributed by atoms with Gasteiger partial charge in [0, 0.05) is 17.0 Å². The number of nitrogens with one attached hydrogen (secondary N) is 1. The van der Waals surface area contributed by atoms with E-state index < -0.39 is 16.9 Å². The Morgan fingerprint density at radius 1 is 1.22 bits per heavy atom. The first kappa shape index (κ1) is 21.2. The number of halogens is 2. The Kier molecular flexibility index (Phi) is 5.78. The number of thioether (sulfide) groups is 1. The van der Waals surface area contributed by atoms with E-state index >= 15 is 0 Å². The van der Waals surface area contributed by atoms with E-state index in [-0.39, 0.29) is 5.91 Å². The second-order valence-electron chi connectivity index (χ2n) is 7.30. The highest BCUT2D eigenvalue weighted by Crippen LogP contribution is 2.42. The molecule has 0 aliphatic heterocycles. The summed E-state index contributed by atoms with van der Waals surface area (Å²) in [5.74, 6) is -1.23. The Morgan fingerprint density at radius 2 is 2.06 bits per heavy atom. The van der Waals surface area contributed by atoms with Gasteiger partial charge in [-0.1, -0.05) is 17.8 Å². The molecule has 5 rings (SSSR count). The summed E-state index contributed by atoms with van der Waals surface area (Å²) in [6.07, 6.45) is 2.16. The zero-order chi connectivity index (χ0) is 22.2. The number of carbonyl (C=O) groups excluding carboxylic acids is 1. The molecule has 6 nitrogen and oxygen atoms in total. The Morgan fingerprint density at radius 3 is 2.78 bits per heavy atom. The van der Waals surface area contributed by atoms with Crippen LogP contribution in [0.3, 0.4) is 0 Å². The van der Waals surface area contributed by atoms with Crippen molar-refractivity contribution in [1.82, 2.24) is 19.7 Å². The van der Waals surface area contributed by atoms with Crippen molar-refractivity contribution in [3.05, 3.63) is 52.7 Å². The van der Waals surface area contributed by atoms with E-state index in [9.17, 15) is 13.6 Å². The van der Waals surface area contributed by atoms with E-state index in [0.717, 1.165) is 40.8 Å². The summed E-state index contributed by atoms with van der Waals surface area (Å²) >= 11 is 4.20. The number of thiazole rings is 1. The molecule has 1 aliphatic rings. The molecule has 164 valence electrons. The van der Waals surface area contributed by atoms with Gasteiger partial charge in [-0.25, -0.2) is 13.8 Å². The molecule has 1 aromatic carbocycles. The van der Waals surface area contributed by atoms with Crippen LogP contribution in [0.2, 0.25) is 0 Å². The minimum atomic E-state index is -0.937. The van der Waals surface area contributed by atoms with Crippen LogP contribution >= 0.6 is 34.4 Å². The van der Waals surface area contributed by atoms with Crippen LogP contribution < -0.4 is 5.32 Å². The minimum absolute atomic E-state index is 0.218. The van der Waals surface area contributed by atoms with E-state index in [1.54, 1.807) is 23.6 Å². The molecule has 1 N–H and O–H groups in total. The summed E-state index contributed by atoms with van der Waals surface area (Å²) in [5.41, 5.74) is 0.917. The van der Waals surface area contributed by atoms with Crippen molar-refractivity contribution in [1.29, 1.82) is 0 Å². The van der Waals surface area contributed by atoms with E-state index in [4.69, 9.17) is 0 Å². The highest BCUT2D eigenvalue weighted by atomic mass is 32.2. The molecule has 3 heterocycles. The van der Waals surface area contributed by atoms with Gasteiger partial charge in [-0.2, -0.15) is 0 Å². The molecule has 1 fully saturated rings. The van der Waals surface area contributed by atoms with E-state index in [1.165, 1.54) is 29.2 Å². The van der Waals surface area contributed by atoms with Crippen molar-refractivity contribution in [2.24, 2.45) is 0 Å². The van der Waals surface area contributed by atoms with Gasteiger partial charge < -0.3 is 5.32 Å². The van der Waals surface area contributed by atoms with Crippen molar-refractivity contribution in [3.63, 3.8) is 0 Å². The molecule has 1 aliphatic carbocycles. The topological polar surface area (TPSA) is 72.7 Å². The number of nitrogens with zero attached hydrogens (tertiary/aromatic N) is 4. The maximum absolute atomic E-state index is 13.5. The highest BCUT2D eigenvalue weighted by molar-refractivity contribution is 8.00. The molecule has 0 bridgehead atoms. The first-order valence-corrected chi connectivity index (χ1v) is 12.5. The molecule has 1 saturated carbocycles. The number of rotatable bonds is 7. The maximum Gasteiger partial charge on any atom is 0.239 e. The van der Waals surface area contributed by atoms with Crippen LogP contribution in [0, 0.1) is 11.6 Å². The molecule has 1 unspecified atom stereocenters. The van der Waals surface area contributed by atoms with Crippen molar-refractivity contribution < 1.29 is 13.6 Å². The molecule has 0 radical (unpaired) electrons. The molecule has 3 aromatic heterocycles. The summed E-state index contributed by atoms with van der Waals surface area (Å²) in [7, 11) is 0. The molecule has 1 amide bonds. The fourth-order valence-corrected chi connectivity index (χ4v) is 5.48. The lowest BCUT2D eigenvalue weighted by molar-refractivity contribution is -0.115. The Hall–Kier alpha value is -2.63. The molecule has 0 saturated heterocycles. The van der Waals surface area contributed by atoms with Crippen LogP contribution in [0.1, 0.15) is 25.8 Å². The Labute approximate surface area is 194 Å². The predicted octanol–water partition coefficient (Wildman–Crippen LogP) is 5.86. The maximum atomic E-state index is 13.5. The van der Waals surface area contributed by atoms with Gasteiger partial charge in [0.1, 0.15) is 0 Å². The van der Waals surface area contributed by atoms with Crippen molar-refractivity contribution in [2.75, 3.05) is 5.32 Å². The summed E-state index contributed by atoms with van der Waals surface area (Å²) in [6, 6.07) is 7.97. The fraction of sp³-hybridized carbons (Fsp3) is 0.238. The number of benzene rings is 1. The number of amides is 1. The second-order valence-corrected chi connectivity index (χ2v) is 10.4. The largest absolute Gasteiger partial charge is 0.301 e. The van der Waals surface area contributed by atoms with Crippen molar-refractivity contribution in [2.45, 2.75) is 36.2 Å². The van der Waals surface area contributed by atoms with Gasteiger partial charge in [0.05, 0.1) is 15.8 Å². The lowest BCUT2D eigenvalue weighted by atomic mass is 10.2. The van der Waals surface area contributed by atoms with Crippen LogP contribution in [0.5, 0.6) is 0 Å². The highest BCUT2D eigenvalue weighted by Gasteiger charge is 2.32. The summed E-state index contributed by atoms with van der Waals surface area (Å²) in [4.78, 5) is 18.2. The second kappa shape index (κ2) is 8.72. The van der Waals surface area contributed by atoms with Crippen LogP contribution in [0.4, 0.5) is 13.9 Å². The standard InChI is InChI=1S/C21H17F2N5OS3/c1-11(32-21-27-26-18(17-3-2-8-30-17)28(21)13-5-6-13)19(29)25-20-24-16(10-31-20)12-4-7-14(22)15(23)9-12/h2-4,7-11,13H,5-6H2,1H3,(H,24,25,29). The number of aromatic nitrogens is 4. The number of anilines is 1. The zero-order valence-corrected chi connectivity index (χ0v) is 19.2. The van der Waals surface area contributed by atoms with E-state index in [2.05, 4.69) is 25.1 Å². The number of carbonyl (C=O) groups is 1. The lowest BCUT2D eigenvalue weighted by Crippen LogP contribution is -2.22. The predicted molar refractivity (Wildman–Crippen MR) is 123 cm³/mol. The van der Waals surface area contributed by atoms with Gasteiger partial charge in [-0.15, -0.1) is 32.9 Å². The number of thiophene rings is 1. The average Bonchev–Trinajstić information content (AvgIpc) is 3.17. The summed E-state index contributed by atoms with van der Waals surface area (Å²) < 4.78 is 28.8. The minimum Gasteiger partial charge on any atom is -0.301 e. The third-order valence-electron chi connectivity index (χ3n) is 4.92. The normalized spacial score (nSPS) is 14.5. The molecule has 32 heavy (non-hydrogen) atoms. The number of hydrogen-bond donors (Lipinski definition) is 1. The van der Waals surface area contributed by atoms with Gasteiger partial charge in [0.25, 0.3) is 0 Å². The van der Waals surface area contributed by atoms with Gasteiger partial charge in [-0.3, -0.25) is 9.36 Å². The van der Waals surface area contributed by atoms with Gasteiger partial charge >= 0.3 is 0 Å².